The van der Waals surface area contributed by atoms with Crippen molar-refractivity contribution in [2.24, 2.45) is 5.92 Å². The van der Waals surface area contributed by atoms with E-state index in [2.05, 4.69) is 10.3 Å². The van der Waals surface area contributed by atoms with Gasteiger partial charge in [-0.15, -0.1) is 5.10 Å². The lowest BCUT2D eigenvalue weighted by Crippen LogP contribution is -2.46. The summed E-state index contributed by atoms with van der Waals surface area (Å²) in [5.41, 5.74) is 4.86. The van der Waals surface area contributed by atoms with E-state index < -0.39 is 20.0 Å². The third-order valence-electron chi connectivity index (χ3n) is 11.9. The van der Waals surface area contributed by atoms with E-state index in [1.54, 1.807) is 14.5 Å². The highest BCUT2D eigenvalue weighted by molar-refractivity contribution is 6.71. The first-order chi connectivity index (χ1) is 26.6. The number of para-hydroxylation sites is 1. The number of nitrogens with zero attached hydrogens (tertiary/aromatic N) is 5. The molecule has 1 unspecified atom stereocenters. The van der Waals surface area contributed by atoms with Gasteiger partial charge in [0.2, 0.25) is 0 Å². The Morgan fingerprint density at radius 2 is 1.62 bits per heavy atom. The monoisotopic (exact) mass is 749 g/mol. The Hall–Kier alpha value is -5.46. The number of ether oxygens (including phenoxy) is 1. The normalized spacial score (nSPS) is 22.3. The maximum Gasteiger partial charge on any atom is 0.264 e. The molecule has 0 aliphatic carbocycles. The Morgan fingerprint density at radius 3 is 2.40 bits per heavy atom. The predicted octanol–water partition coefficient (Wildman–Crippen LogP) is 7.28. The number of aliphatic hydroxyl groups is 1. The SMILES string of the molecule is C[C@@H]1[C@@H]([Si](C)(C)O)[C@H](CCn2cc(C(CO)c3ccccc3)nn2)O[C@@]12C(=O)N(Cc1cccc(N3C(=O)c4cccc5cccc3c45)c1)c1ccccc12. The molecule has 11 heteroatoms. The van der Waals surface area contributed by atoms with Gasteiger partial charge in [0.25, 0.3) is 11.8 Å². The van der Waals surface area contributed by atoms with Gasteiger partial charge in [-0.25, -0.2) is 0 Å². The molecule has 1 saturated heterocycles. The number of aromatic nitrogens is 3. The molecule has 3 aliphatic heterocycles. The minimum absolute atomic E-state index is 0.0712. The molecule has 278 valence electrons. The second-order valence-electron chi connectivity index (χ2n) is 15.6. The van der Waals surface area contributed by atoms with Crippen molar-refractivity contribution in [2.45, 2.75) is 62.7 Å². The highest BCUT2D eigenvalue weighted by Crippen LogP contribution is 2.60. The first kappa shape index (κ1) is 35.3. The van der Waals surface area contributed by atoms with Crippen molar-refractivity contribution < 1.29 is 24.2 Å². The first-order valence-electron chi connectivity index (χ1n) is 18.9. The number of carbonyl (C=O) groups excluding carboxylic acids is 2. The summed E-state index contributed by atoms with van der Waals surface area (Å²) in [6, 6.07) is 37.2. The Morgan fingerprint density at radius 1 is 0.891 bits per heavy atom. The molecule has 5 aromatic carbocycles. The molecule has 9 rings (SSSR count). The fraction of sp³-hybridized carbons (Fsp3) is 0.273. The number of fused-ring (bicyclic) bond motifs is 2. The number of aliphatic hydroxyl groups excluding tert-OH is 1. The van der Waals surface area contributed by atoms with Gasteiger partial charge < -0.3 is 19.5 Å². The predicted molar refractivity (Wildman–Crippen MR) is 214 cm³/mol. The molecule has 0 radical (unpaired) electrons. The van der Waals surface area contributed by atoms with Gasteiger partial charge in [0, 0.05) is 40.8 Å². The second-order valence-corrected chi connectivity index (χ2v) is 19.6. The van der Waals surface area contributed by atoms with E-state index in [-0.39, 0.29) is 42.3 Å². The number of anilines is 3. The van der Waals surface area contributed by atoms with E-state index >= 15 is 4.79 Å². The highest BCUT2D eigenvalue weighted by atomic mass is 28.4. The minimum Gasteiger partial charge on any atom is -0.432 e. The standard InChI is InChI=1S/C44H43N5O5Si/c1-28-41(55(2,3)53)39(22-23-47-26-36(45-46-47)34(27-50)30-13-5-4-6-14-30)54-44(28)35-19-7-8-20-37(35)48(43(44)52)25-29-12-9-17-32(24-29)49-38-21-11-16-31-15-10-18-33(40(31)38)42(49)51/h4-21,24,26,28,34,39,41,50,53H,22-23,25,27H2,1-3H3/t28-,34?,39+,41-,44+/m1/s1. The van der Waals surface area contributed by atoms with E-state index in [4.69, 9.17) is 4.74 Å². The van der Waals surface area contributed by atoms with Crippen LogP contribution in [0.25, 0.3) is 10.8 Å². The quantitative estimate of drug-likeness (QED) is 0.141. The van der Waals surface area contributed by atoms with E-state index in [1.165, 1.54) is 0 Å². The van der Waals surface area contributed by atoms with Crippen molar-refractivity contribution >= 4 is 48.0 Å². The number of hydrogen-bond donors (Lipinski definition) is 2. The maximum absolute atomic E-state index is 15.0. The van der Waals surface area contributed by atoms with Gasteiger partial charge in [0.05, 0.1) is 47.8 Å². The molecule has 2 N–H and O–H groups in total. The number of carbonyl (C=O) groups is 2. The molecule has 3 aliphatic rings. The molecule has 55 heavy (non-hydrogen) atoms. The molecule has 4 heterocycles. The van der Waals surface area contributed by atoms with Crippen LogP contribution in [0, 0.1) is 5.92 Å². The summed E-state index contributed by atoms with van der Waals surface area (Å²) in [6.45, 7) is 6.56. The highest BCUT2D eigenvalue weighted by Gasteiger charge is 2.66. The van der Waals surface area contributed by atoms with Gasteiger partial charge in [-0.2, -0.15) is 0 Å². The average molecular weight is 750 g/mol. The van der Waals surface area contributed by atoms with E-state index in [1.807, 2.05) is 141 Å². The van der Waals surface area contributed by atoms with Gasteiger partial charge >= 0.3 is 0 Å². The molecule has 1 spiro atoms. The van der Waals surface area contributed by atoms with Gasteiger partial charge in [-0.3, -0.25) is 19.2 Å². The maximum atomic E-state index is 15.0. The number of benzene rings is 5. The fourth-order valence-corrected chi connectivity index (χ4v) is 12.1. The average Bonchev–Trinajstić information content (AvgIpc) is 3.91. The van der Waals surface area contributed by atoms with Crippen molar-refractivity contribution in [3.63, 3.8) is 0 Å². The van der Waals surface area contributed by atoms with Crippen molar-refractivity contribution in [1.29, 1.82) is 0 Å². The van der Waals surface area contributed by atoms with Crippen molar-refractivity contribution in [3.05, 3.63) is 149 Å². The van der Waals surface area contributed by atoms with E-state index in [9.17, 15) is 14.7 Å². The van der Waals surface area contributed by atoms with Gasteiger partial charge in [0.15, 0.2) is 13.9 Å². The zero-order valence-electron chi connectivity index (χ0n) is 31.0. The lowest BCUT2D eigenvalue weighted by Gasteiger charge is -2.32. The number of amides is 2. The van der Waals surface area contributed by atoms with Crippen LogP contribution in [-0.2, 0) is 28.2 Å². The topological polar surface area (TPSA) is 121 Å². The molecule has 1 aromatic heterocycles. The summed E-state index contributed by atoms with van der Waals surface area (Å²) in [5.74, 6) is -0.821. The summed E-state index contributed by atoms with van der Waals surface area (Å²) in [4.78, 5) is 44.1. The summed E-state index contributed by atoms with van der Waals surface area (Å²) in [7, 11) is -2.88. The van der Waals surface area contributed by atoms with Crippen molar-refractivity contribution in [3.8, 4) is 0 Å². The Balaban J connectivity index is 0.997. The van der Waals surface area contributed by atoms with Crippen LogP contribution >= 0.6 is 0 Å². The first-order valence-corrected chi connectivity index (χ1v) is 21.9. The molecular formula is C44H43N5O5Si. The zero-order chi connectivity index (χ0) is 38.1. The van der Waals surface area contributed by atoms with Crippen molar-refractivity contribution in [1.82, 2.24) is 15.0 Å². The number of hydrogen-bond acceptors (Lipinski definition) is 7. The molecule has 0 bridgehead atoms. The lowest BCUT2D eigenvalue weighted by atomic mass is 9.82. The van der Waals surface area contributed by atoms with Crippen LogP contribution in [0.3, 0.4) is 0 Å². The van der Waals surface area contributed by atoms with E-state index in [0.29, 0.717) is 24.2 Å². The summed E-state index contributed by atoms with van der Waals surface area (Å²) in [5, 5.41) is 21.0. The summed E-state index contributed by atoms with van der Waals surface area (Å²) in [6.07, 6.45) is 1.96. The van der Waals surface area contributed by atoms with Gasteiger partial charge in [-0.05, 0) is 66.4 Å². The van der Waals surface area contributed by atoms with Crippen LogP contribution in [0.15, 0.2) is 121 Å². The van der Waals surface area contributed by atoms with Gasteiger partial charge in [-0.1, -0.05) is 97.1 Å². The molecule has 0 saturated carbocycles. The van der Waals surface area contributed by atoms with Crippen LogP contribution in [0.2, 0.25) is 18.6 Å². The third kappa shape index (κ3) is 5.64. The molecule has 5 atom stereocenters. The van der Waals surface area contributed by atoms with Crippen LogP contribution in [0.1, 0.15) is 52.0 Å². The van der Waals surface area contributed by atoms with Gasteiger partial charge in [0.1, 0.15) is 0 Å². The molecule has 2 amide bonds. The van der Waals surface area contributed by atoms with E-state index in [0.717, 1.165) is 44.5 Å². The lowest BCUT2D eigenvalue weighted by molar-refractivity contribution is -0.146. The van der Waals surface area contributed by atoms with Crippen molar-refractivity contribution in [2.75, 3.05) is 16.4 Å². The molecule has 1 fully saturated rings. The Labute approximate surface area is 320 Å². The largest absolute Gasteiger partial charge is 0.432 e. The van der Waals surface area contributed by atoms with Crippen LogP contribution in [-0.4, -0.2) is 57.7 Å². The Bertz CT molecular complexity index is 2440. The number of rotatable bonds is 10. The minimum atomic E-state index is -2.88. The smallest absolute Gasteiger partial charge is 0.264 e. The Kier molecular flexibility index (Phi) is 8.58. The summed E-state index contributed by atoms with van der Waals surface area (Å²) < 4.78 is 8.81. The zero-order valence-corrected chi connectivity index (χ0v) is 32.0. The molecule has 6 aromatic rings. The fourth-order valence-electron chi connectivity index (χ4n) is 9.50. The second kappa shape index (κ2) is 13.4. The summed E-state index contributed by atoms with van der Waals surface area (Å²) >= 11 is 0. The third-order valence-corrected chi connectivity index (χ3v) is 14.4. The molecular weight excluding hydrogens is 707 g/mol. The molecule has 10 nitrogen and oxygen atoms in total. The van der Waals surface area contributed by atoms with Crippen LogP contribution in [0.4, 0.5) is 17.1 Å². The number of aryl methyl sites for hydroxylation is 1. The van der Waals surface area contributed by atoms with Crippen LogP contribution in [0.5, 0.6) is 0 Å². The van der Waals surface area contributed by atoms with Crippen LogP contribution < -0.4 is 9.80 Å².